The third-order valence-corrected chi connectivity index (χ3v) is 8.18. The predicted molar refractivity (Wildman–Crippen MR) is 118 cm³/mol. The molecule has 0 spiro atoms. The molecule has 3 rings (SSSR count). The van der Waals surface area contributed by atoms with Crippen LogP contribution in [0.3, 0.4) is 0 Å². The standard InChI is InChI=1S/C21H32ClN3O3S/c1-4-17(3)25(19-7-12-29(27,28)15-19)21(26)14-23-8-10-24(11-9-23)20-13-18(22)6-5-16(20)2/h5-6,13,17,19H,4,7-12,14-15H2,1-3H3. The van der Waals surface area contributed by atoms with Crippen molar-refractivity contribution in [3.05, 3.63) is 28.8 Å². The molecule has 8 heteroatoms. The Bertz CT molecular complexity index is 838. The van der Waals surface area contributed by atoms with Crippen molar-refractivity contribution in [1.82, 2.24) is 9.80 Å². The minimum atomic E-state index is -3.02. The lowest BCUT2D eigenvalue weighted by molar-refractivity contribution is -0.136. The molecule has 0 bridgehead atoms. The summed E-state index contributed by atoms with van der Waals surface area (Å²) in [6, 6.07) is 5.81. The zero-order chi connectivity index (χ0) is 21.2. The first-order chi connectivity index (χ1) is 13.7. The van der Waals surface area contributed by atoms with Crippen molar-refractivity contribution in [3.63, 3.8) is 0 Å². The molecule has 0 saturated carbocycles. The number of amides is 1. The Balaban J connectivity index is 1.61. The second-order valence-corrected chi connectivity index (χ2v) is 11.0. The minimum absolute atomic E-state index is 0.0498. The topological polar surface area (TPSA) is 60.9 Å². The number of aryl methyl sites for hydroxylation is 1. The molecular formula is C21H32ClN3O3S. The van der Waals surface area contributed by atoms with Crippen LogP contribution in [-0.2, 0) is 14.6 Å². The van der Waals surface area contributed by atoms with Gasteiger partial charge < -0.3 is 9.80 Å². The predicted octanol–water partition coefficient (Wildman–Crippen LogP) is 2.58. The van der Waals surface area contributed by atoms with Gasteiger partial charge in [-0.15, -0.1) is 0 Å². The number of hydrogen-bond donors (Lipinski definition) is 0. The molecular weight excluding hydrogens is 410 g/mol. The zero-order valence-electron chi connectivity index (χ0n) is 17.6. The maximum atomic E-state index is 13.1. The fourth-order valence-corrected chi connectivity index (χ4v) is 6.22. The van der Waals surface area contributed by atoms with Crippen LogP contribution in [0.15, 0.2) is 18.2 Å². The summed E-state index contributed by atoms with van der Waals surface area (Å²) in [6.07, 6.45) is 1.38. The van der Waals surface area contributed by atoms with E-state index in [-0.39, 0.29) is 29.5 Å². The molecule has 2 heterocycles. The lowest BCUT2D eigenvalue weighted by Crippen LogP contribution is -2.54. The maximum Gasteiger partial charge on any atom is 0.237 e. The monoisotopic (exact) mass is 441 g/mol. The molecule has 1 aromatic rings. The van der Waals surface area contributed by atoms with Crippen LogP contribution in [0.5, 0.6) is 0 Å². The molecule has 2 saturated heterocycles. The van der Waals surface area contributed by atoms with Gasteiger partial charge in [0.05, 0.1) is 18.1 Å². The third kappa shape index (κ3) is 5.44. The van der Waals surface area contributed by atoms with Gasteiger partial charge in [-0.3, -0.25) is 9.69 Å². The first kappa shape index (κ1) is 22.4. The highest BCUT2D eigenvalue weighted by Gasteiger charge is 2.37. The number of carbonyl (C=O) groups is 1. The molecule has 2 atom stereocenters. The Hall–Kier alpha value is -1.31. The van der Waals surface area contributed by atoms with Gasteiger partial charge in [0.15, 0.2) is 9.84 Å². The van der Waals surface area contributed by atoms with Crippen LogP contribution in [0.4, 0.5) is 5.69 Å². The van der Waals surface area contributed by atoms with Crippen molar-refractivity contribution in [2.24, 2.45) is 0 Å². The Labute approximate surface area is 179 Å². The number of hydrogen-bond acceptors (Lipinski definition) is 5. The van der Waals surface area contributed by atoms with Gasteiger partial charge in [-0.2, -0.15) is 0 Å². The Kier molecular flexibility index (Phi) is 7.12. The number of benzene rings is 1. The summed E-state index contributed by atoms with van der Waals surface area (Å²) in [5.41, 5.74) is 2.35. The van der Waals surface area contributed by atoms with E-state index in [2.05, 4.69) is 16.7 Å². The molecule has 2 aliphatic rings. The largest absolute Gasteiger partial charge is 0.369 e. The van der Waals surface area contributed by atoms with E-state index < -0.39 is 9.84 Å². The number of nitrogens with zero attached hydrogens (tertiary/aromatic N) is 3. The van der Waals surface area contributed by atoms with E-state index >= 15 is 0 Å². The van der Waals surface area contributed by atoms with E-state index in [0.717, 1.165) is 43.3 Å². The summed E-state index contributed by atoms with van der Waals surface area (Å²) < 4.78 is 23.9. The first-order valence-corrected chi connectivity index (χ1v) is 12.6. The van der Waals surface area contributed by atoms with Gasteiger partial charge >= 0.3 is 0 Å². The Morgan fingerprint density at radius 1 is 1.28 bits per heavy atom. The Morgan fingerprint density at radius 2 is 1.97 bits per heavy atom. The smallest absolute Gasteiger partial charge is 0.237 e. The minimum Gasteiger partial charge on any atom is -0.369 e. The molecule has 6 nitrogen and oxygen atoms in total. The zero-order valence-corrected chi connectivity index (χ0v) is 19.2. The third-order valence-electron chi connectivity index (χ3n) is 6.20. The quantitative estimate of drug-likeness (QED) is 0.679. The molecule has 0 N–H and O–H groups in total. The van der Waals surface area contributed by atoms with Crippen LogP contribution in [-0.4, -0.2) is 80.4 Å². The molecule has 2 unspecified atom stereocenters. The highest BCUT2D eigenvalue weighted by Crippen LogP contribution is 2.26. The fraction of sp³-hybridized carbons (Fsp3) is 0.667. The number of carbonyl (C=O) groups excluding carboxylic acids is 1. The van der Waals surface area contributed by atoms with Crippen LogP contribution in [0.1, 0.15) is 32.3 Å². The average molecular weight is 442 g/mol. The molecule has 2 fully saturated rings. The highest BCUT2D eigenvalue weighted by molar-refractivity contribution is 7.91. The van der Waals surface area contributed by atoms with Crippen molar-refractivity contribution in [1.29, 1.82) is 0 Å². The molecule has 1 amide bonds. The molecule has 0 aromatic heterocycles. The molecule has 2 aliphatic heterocycles. The second-order valence-electron chi connectivity index (χ2n) is 8.31. The number of piperazine rings is 1. The van der Waals surface area contributed by atoms with E-state index in [0.29, 0.717) is 13.0 Å². The molecule has 29 heavy (non-hydrogen) atoms. The molecule has 162 valence electrons. The van der Waals surface area contributed by atoms with Gasteiger partial charge in [0.2, 0.25) is 5.91 Å². The van der Waals surface area contributed by atoms with Crippen LogP contribution in [0.25, 0.3) is 0 Å². The lowest BCUT2D eigenvalue weighted by Gasteiger charge is -2.39. The van der Waals surface area contributed by atoms with E-state index in [1.165, 1.54) is 5.56 Å². The lowest BCUT2D eigenvalue weighted by atomic mass is 10.1. The number of rotatable bonds is 6. The Morgan fingerprint density at radius 3 is 2.55 bits per heavy atom. The van der Waals surface area contributed by atoms with Crippen molar-refractivity contribution in [2.75, 3.05) is 49.1 Å². The first-order valence-electron chi connectivity index (χ1n) is 10.4. The molecule has 1 aromatic carbocycles. The van der Waals surface area contributed by atoms with Gasteiger partial charge in [-0.25, -0.2) is 8.42 Å². The summed E-state index contributed by atoms with van der Waals surface area (Å²) in [5.74, 6) is 0.342. The van der Waals surface area contributed by atoms with Gasteiger partial charge in [-0.05, 0) is 44.4 Å². The molecule has 0 aliphatic carbocycles. The maximum absolute atomic E-state index is 13.1. The summed E-state index contributed by atoms with van der Waals surface area (Å²) >= 11 is 6.16. The van der Waals surface area contributed by atoms with E-state index in [4.69, 9.17) is 11.6 Å². The van der Waals surface area contributed by atoms with Crippen LogP contribution in [0, 0.1) is 6.92 Å². The van der Waals surface area contributed by atoms with Crippen LogP contribution in [0.2, 0.25) is 5.02 Å². The van der Waals surface area contributed by atoms with Crippen molar-refractivity contribution < 1.29 is 13.2 Å². The van der Waals surface area contributed by atoms with Crippen LogP contribution < -0.4 is 4.90 Å². The normalized spacial score (nSPS) is 23.2. The van der Waals surface area contributed by atoms with Gasteiger partial charge in [0, 0.05) is 49.0 Å². The fourth-order valence-electron chi connectivity index (χ4n) is 4.34. The second kappa shape index (κ2) is 9.23. The van der Waals surface area contributed by atoms with Gasteiger partial charge in [-0.1, -0.05) is 24.6 Å². The van der Waals surface area contributed by atoms with E-state index in [1.54, 1.807) is 0 Å². The van der Waals surface area contributed by atoms with Crippen molar-refractivity contribution >= 4 is 33.0 Å². The summed E-state index contributed by atoms with van der Waals surface area (Å²) in [4.78, 5) is 19.5. The highest BCUT2D eigenvalue weighted by atomic mass is 35.5. The summed E-state index contributed by atoms with van der Waals surface area (Å²) in [6.45, 7) is 9.78. The number of halogens is 1. The SMILES string of the molecule is CCC(C)N(C(=O)CN1CCN(c2cc(Cl)ccc2C)CC1)C1CCS(=O)(=O)C1. The van der Waals surface area contributed by atoms with E-state index in [9.17, 15) is 13.2 Å². The van der Waals surface area contributed by atoms with Gasteiger partial charge in [0.1, 0.15) is 0 Å². The summed E-state index contributed by atoms with van der Waals surface area (Å²) in [7, 11) is -3.02. The van der Waals surface area contributed by atoms with E-state index in [1.807, 2.05) is 36.9 Å². The average Bonchev–Trinajstić information content (AvgIpc) is 3.03. The number of anilines is 1. The molecule has 0 radical (unpaired) electrons. The summed E-state index contributed by atoms with van der Waals surface area (Å²) in [5, 5.41) is 0.735. The van der Waals surface area contributed by atoms with Crippen LogP contribution >= 0.6 is 11.6 Å². The number of sulfone groups is 1. The van der Waals surface area contributed by atoms with Crippen molar-refractivity contribution in [2.45, 2.75) is 45.7 Å². The van der Waals surface area contributed by atoms with Crippen molar-refractivity contribution in [3.8, 4) is 0 Å². The van der Waals surface area contributed by atoms with Gasteiger partial charge in [0.25, 0.3) is 0 Å².